The van der Waals surface area contributed by atoms with Gasteiger partial charge in [-0.2, -0.15) is 0 Å². The molecule has 0 aliphatic carbocycles. The zero-order chi connectivity index (χ0) is 18.7. The van der Waals surface area contributed by atoms with Gasteiger partial charge in [0.15, 0.2) is 18.1 Å². The van der Waals surface area contributed by atoms with E-state index in [9.17, 15) is 9.59 Å². The van der Waals surface area contributed by atoms with Crippen LogP contribution in [0, 0.1) is 6.92 Å². The molecule has 138 valence electrons. The molecule has 2 heterocycles. The van der Waals surface area contributed by atoms with Gasteiger partial charge in [0.1, 0.15) is 11.9 Å². The van der Waals surface area contributed by atoms with E-state index in [1.165, 1.54) is 6.07 Å². The molecule has 0 bridgehead atoms. The molecule has 0 spiro atoms. The Labute approximate surface area is 151 Å². The van der Waals surface area contributed by atoms with E-state index < -0.39 is 0 Å². The maximum atomic E-state index is 12.2. The van der Waals surface area contributed by atoms with Crippen molar-refractivity contribution < 1.29 is 19.0 Å². The molecular formula is C19H22N2O5. The first-order valence-corrected chi connectivity index (χ1v) is 8.36. The standard InChI is InChI=1S/C19H22N2O5/c1-13-8-14(9-18(22)20(13)2)26-15-10-21(11-15)19(23)12-25-17-7-5-4-6-16(17)24-3/h4-9,15H,10-12H2,1-3H3. The lowest BCUT2D eigenvalue weighted by Gasteiger charge is -2.38. The quantitative estimate of drug-likeness (QED) is 0.780. The number of aromatic nitrogens is 1. The van der Waals surface area contributed by atoms with Gasteiger partial charge >= 0.3 is 0 Å². The van der Waals surface area contributed by atoms with Crippen molar-refractivity contribution in [3.63, 3.8) is 0 Å². The Bertz CT molecular complexity index is 855. The second kappa shape index (κ2) is 7.51. The highest BCUT2D eigenvalue weighted by Gasteiger charge is 2.32. The van der Waals surface area contributed by atoms with E-state index in [2.05, 4.69) is 0 Å². The zero-order valence-electron chi connectivity index (χ0n) is 15.1. The van der Waals surface area contributed by atoms with Crippen molar-refractivity contribution in [1.29, 1.82) is 0 Å². The van der Waals surface area contributed by atoms with Crippen molar-refractivity contribution in [3.8, 4) is 17.2 Å². The average molecular weight is 358 g/mol. The van der Waals surface area contributed by atoms with Crippen LogP contribution in [0.4, 0.5) is 0 Å². The highest BCUT2D eigenvalue weighted by Crippen LogP contribution is 2.26. The van der Waals surface area contributed by atoms with Gasteiger partial charge in [0.05, 0.1) is 20.2 Å². The first-order chi connectivity index (χ1) is 12.5. The van der Waals surface area contributed by atoms with Gasteiger partial charge in [-0.15, -0.1) is 0 Å². The molecule has 0 atom stereocenters. The Morgan fingerprint density at radius 1 is 1.19 bits per heavy atom. The SMILES string of the molecule is COc1ccccc1OCC(=O)N1CC(Oc2cc(C)n(C)c(=O)c2)C1. The highest BCUT2D eigenvalue weighted by atomic mass is 16.5. The number of methoxy groups -OCH3 is 1. The summed E-state index contributed by atoms with van der Waals surface area (Å²) < 4.78 is 18.1. The van der Waals surface area contributed by atoms with Crippen molar-refractivity contribution >= 4 is 5.91 Å². The monoisotopic (exact) mass is 358 g/mol. The summed E-state index contributed by atoms with van der Waals surface area (Å²) in [4.78, 5) is 25.6. The molecule has 0 unspecified atom stereocenters. The van der Waals surface area contributed by atoms with Crippen LogP contribution in [0.5, 0.6) is 17.2 Å². The number of benzene rings is 1. The first kappa shape index (κ1) is 17.8. The summed E-state index contributed by atoms with van der Waals surface area (Å²) in [7, 11) is 3.27. The number of amides is 1. The number of likely N-dealkylation sites (tertiary alicyclic amines) is 1. The minimum Gasteiger partial charge on any atom is -0.493 e. The second-order valence-electron chi connectivity index (χ2n) is 6.21. The Morgan fingerprint density at radius 3 is 2.54 bits per heavy atom. The molecule has 1 amide bonds. The highest BCUT2D eigenvalue weighted by molar-refractivity contribution is 5.78. The van der Waals surface area contributed by atoms with Gasteiger partial charge in [-0.25, -0.2) is 0 Å². The van der Waals surface area contributed by atoms with E-state index in [1.807, 2.05) is 25.1 Å². The van der Waals surface area contributed by atoms with Gasteiger partial charge in [0, 0.05) is 18.8 Å². The topological polar surface area (TPSA) is 70.0 Å². The fraction of sp³-hybridized carbons (Fsp3) is 0.368. The van der Waals surface area contributed by atoms with Crippen LogP contribution in [0.3, 0.4) is 0 Å². The van der Waals surface area contributed by atoms with Gasteiger partial charge in [0.25, 0.3) is 11.5 Å². The number of hydrogen-bond acceptors (Lipinski definition) is 5. The normalized spacial score (nSPS) is 13.9. The third kappa shape index (κ3) is 3.82. The Morgan fingerprint density at radius 2 is 1.88 bits per heavy atom. The summed E-state index contributed by atoms with van der Waals surface area (Å²) in [5.74, 6) is 1.54. The summed E-state index contributed by atoms with van der Waals surface area (Å²) in [5.41, 5.74) is 0.711. The molecule has 1 aromatic carbocycles. The van der Waals surface area contributed by atoms with Crippen LogP contribution >= 0.6 is 0 Å². The average Bonchev–Trinajstić information content (AvgIpc) is 2.60. The number of pyridine rings is 1. The van der Waals surface area contributed by atoms with Crippen LogP contribution in [0.25, 0.3) is 0 Å². The number of rotatable bonds is 6. The van der Waals surface area contributed by atoms with Crippen LogP contribution in [-0.4, -0.2) is 48.3 Å². The molecule has 0 saturated carbocycles. The summed E-state index contributed by atoms with van der Waals surface area (Å²) in [6, 6.07) is 10.5. The third-order valence-corrected chi connectivity index (χ3v) is 4.40. The number of hydrogen-bond donors (Lipinski definition) is 0. The molecule has 1 saturated heterocycles. The van der Waals surface area contributed by atoms with Gasteiger partial charge in [-0.1, -0.05) is 12.1 Å². The predicted octanol–water partition coefficient (Wildman–Crippen LogP) is 1.37. The van der Waals surface area contributed by atoms with Crippen molar-refractivity contribution in [2.45, 2.75) is 13.0 Å². The molecule has 0 radical (unpaired) electrons. The van der Waals surface area contributed by atoms with Crippen LogP contribution in [0.1, 0.15) is 5.69 Å². The number of carbonyl (C=O) groups excluding carboxylic acids is 1. The summed E-state index contributed by atoms with van der Waals surface area (Å²) in [6.07, 6.45) is -0.114. The Kier molecular flexibility index (Phi) is 5.16. The van der Waals surface area contributed by atoms with Crippen molar-refractivity contribution in [3.05, 3.63) is 52.4 Å². The molecule has 1 aliphatic heterocycles. The lowest BCUT2D eigenvalue weighted by atomic mass is 10.1. The van der Waals surface area contributed by atoms with Crippen LogP contribution < -0.4 is 19.8 Å². The minimum atomic E-state index is -0.115. The molecular weight excluding hydrogens is 336 g/mol. The van der Waals surface area contributed by atoms with Gasteiger partial charge in [-0.3, -0.25) is 9.59 Å². The van der Waals surface area contributed by atoms with E-state index in [0.29, 0.717) is 30.3 Å². The molecule has 1 fully saturated rings. The summed E-state index contributed by atoms with van der Waals surface area (Å²) in [5, 5.41) is 0. The molecule has 2 aromatic rings. The van der Waals surface area contributed by atoms with Crippen molar-refractivity contribution in [2.24, 2.45) is 7.05 Å². The van der Waals surface area contributed by atoms with E-state index >= 15 is 0 Å². The molecule has 0 N–H and O–H groups in total. The number of nitrogens with zero attached hydrogens (tertiary/aromatic N) is 2. The number of para-hydroxylation sites is 2. The van der Waals surface area contributed by atoms with Crippen LogP contribution in [-0.2, 0) is 11.8 Å². The van der Waals surface area contributed by atoms with Crippen LogP contribution in [0.15, 0.2) is 41.2 Å². The smallest absolute Gasteiger partial charge is 0.260 e. The zero-order valence-corrected chi connectivity index (χ0v) is 15.1. The molecule has 26 heavy (non-hydrogen) atoms. The lowest BCUT2D eigenvalue weighted by Crippen LogP contribution is -2.57. The lowest BCUT2D eigenvalue weighted by molar-refractivity contribution is -0.142. The van der Waals surface area contributed by atoms with Gasteiger partial charge in [-0.05, 0) is 25.1 Å². The molecule has 1 aromatic heterocycles. The van der Waals surface area contributed by atoms with Gasteiger partial charge in [0.2, 0.25) is 0 Å². The molecule has 7 nitrogen and oxygen atoms in total. The summed E-state index contributed by atoms with van der Waals surface area (Å²) in [6.45, 7) is 2.74. The fourth-order valence-electron chi connectivity index (χ4n) is 2.68. The van der Waals surface area contributed by atoms with Crippen molar-refractivity contribution in [1.82, 2.24) is 9.47 Å². The molecule has 3 rings (SSSR count). The van der Waals surface area contributed by atoms with Gasteiger partial charge < -0.3 is 23.7 Å². The predicted molar refractivity (Wildman–Crippen MR) is 95.9 cm³/mol. The van der Waals surface area contributed by atoms with E-state index in [0.717, 1.165) is 5.69 Å². The van der Waals surface area contributed by atoms with E-state index in [-0.39, 0.29) is 24.2 Å². The number of ether oxygens (including phenoxy) is 3. The molecule has 1 aliphatic rings. The summed E-state index contributed by atoms with van der Waals surface area (Å²) >= 11 is 0. The van der Waals surface area contributed by atoms with E-state index in [1.54, 1.807) is 35.8 Å². The largest absolute Gasteiger partial charge is 0.493 e. The third-order valence-electron chi connectivity index (χ3n) is 4.40. The van der Waals surface area contributed by atoms with Crippen LogP contribution in [0.2, 0.25) is 0 Å². The molecule has 7 heteroatoms. The Balaban J connectivity index is 1.49. The number of aryl methyl sites for hydroxylation is 1. The minimum absolute atomic E-state index is 0.0575. The fourth-order valence-corrected chi connectivity index (χ4v) is 2.68. The number of carbonyl (C=O) groups is 1. The Hall–Kier alpha value is -2.96. The maximum Gasteiger partial charge on any atom is 0.260 e. The van der Waals surface area contributed by atoms with E-state index in [4.69, 9.17) is 14.2 Å². The first-order valence-electron chi connectivity index (χ1n) is 8.36. The van der Waals surface area contributed by atoms with Crippen molar-refractivity contribution in [2.75, 3.05) is 26.8 Å². The second-order valence-corrected chi connectivity index (χ2v) is 6.21. The maximum absolute atomic E-state index is 12.2.